The van der Waals surface area contributed by atoms with Crippen LogP contribution in [0.25, 0.3) is 0 Å². The number of aromatic nitrogens is 2. The molecule has 0 atom stereocenters. The van der Waals surface area contributed by atoms with E-state index in [1.165, 1.54) is 4.90 Å². The second-order valence-electron chi connectivity index (χ2n) is 7.09. The lowest BCUT2D eigenvalue weighted by molar-refractivity contribution is -0.394. The summed E-state index contributed by atoms with van der Waals surface area (Å²) in [6, 6.07) is 4.84. The molecule has 0 aliphatic carbocycles. The number of hydrogen-bond donors (Lipinski definition) is 0. The Morgan fingerprint density at radius 3 is 2.03 bits per heavy atom. The fourth-order valence-electron chi connectivity index (χ4n) is 3.13. The molecule has 1 aromatic heterocycles. The van der Waals surface area contributed by atoms with E-state index in [0.717, 1.165) is 29.7 Å². The maximum atomic E-state index is 12.8. The second-order valence-corrected chi connectivity index (χ2v) is 7.09. The van der Waals surface area contributed by atoms with E-state index in [2.05, 4.69) is 9.97 Å². The van der Waals surface area contributed by atoms with E-state index in [0.29, 0.717) is 32.1 Å². The number of amides is 1. The van der Waals surface area contributed by atoms with Crippen molar-refractivity contribution in [1.82, 2.24) is 14.9 Å². The minimum absolute atomic E-state index is 0.0777. The van der Waals surface area contributed by atoms with Gasteiger partial charge < -0.3 is 14.7 Å². The van der Waals surface area contributed by atoms with Gasteiger partial charge in [-0.05, 0) is 6.92 Å². The summed E-state index contributed by atoms with van der Waals surface area (Å²) in [7, 11) is 3.78. The van der Waals surface area contributed by atoms with Crippen LogP contribution >= 0.6 is 0 Å². The van der Waals surface area contributed by atoms with Gasteiger partial charge in [0, 0.05) is 64.2 Å². The Balaban J connectivity index is 1.76. The van der Waals surface area contributed by atoms with Crippen molar-refractivity contribution in [2.24, 2.45) is 0 Å². The summed E-state index contributed by atoms with van der Waals surface area (Å²) in [5.41, 5.74) is -0.233. The van der Waals surface area contributed by atoms with Crippen LogP contribution in [0, 0.1) is 27.2 Å². The predicted molar refractivity (Wildman–Crippen MR) is 109 cm³/mol. The molecule has 1 saturated heterocycles. The van der Waals surface area contributed by atoms with Gasteiger partial charge in [0.2, 0.25) is 5.95 Å². The molecule has 3 rings (SSSR count). The van der Waals surface area contributed by atoms with Crippen molar-refractivity contribution in [3.8, 4) is 0 Å². The Kier molecular flexibility index (Phi) is 5.76. The number of nitro groups is 2. The standard InChI is InChI=1S/C18H21N7O5/c1-12-8-16(21(2)3)20-18(19-12)23-6-4-22(5-7-23)17(26)13-9-14(24(27)28)11-15(10-13)25(29)30/h8-11H,4-7H2,1-3H3. The van der Waals surface area contributed by atoms with Crippen molar-refractivity contribution < 1.29 is 14.6 Å². The van der Waals surface area contributed by atoms with E-state index in [1.807, 2.05) is 36.9 Å². The number of nitrogens with zero attached hydrogens (tertiary/aromatic N) is 7. The van der Waals surface area contributed by atoms with E-state index in [4.69, 9.17) is 0 Å². The lowest BCUT2D eigenvalue weighted by Crippen LogP contribution is -2.49. The zero-order valence-electron chi connectivity index (χ0n) is 16.8. The molecule has 30 heavy (non-hydrogen) atoms. The topological polar surface area (TPSA) is 139 Å². The number of hydrogen-bond acceptors (Lipinski definition) is 9. The van der Waals surface area contributed by atoms with E-state index in [-0.39, 0.29) is 5.56 Å². The molecule has 1 aliphatic rings. The van der Waals surface area contributed by atoms with Crippen LogP contribution in [0.4, 0.5) is 23.1 Å². The maximum Gasteiger partial charge on any atom is 0.277 e. The predicted octanol–water partition coefficient (Wildman–Crippen LogP) is 1.63. The van der Waals surface area contributed by atoms with Crippen LogP contribution < -0.4 is 9.80 Å². The third kappa shape index (κ3) is 4.42. The van der Waals surface area contributed by atoms with Crippen molar-refractivity contribution in [2.45, 2.75) is 6.92 Å². The van der Waals surface area contributed by atoms with Gasteiger partial charge in [-0.3, -0.25) is 25.0 Å². The van der Waals surface area contributed by atoms with Crippen LogP contribution in [-0.2, 0) is 0 Å². The average Bonchev–Trinajstić information content (AvgIpc) is 2.72. The van der Waals surface area contributed by atoms with E-state index in [9.17, 15) is 25.0 Å². The van der Waals surface area contributed by atoms with Crippen molar-refractivity contribution in [3.63, 3.8) is 0 Å². The van der Waals surface area contributed by atoms with E-state index >= 15 is 0 Å². The van der Waals surface area contributed by atoms with Gasteiger partial charge in [-0.25, -0.2) is 4.98 Å². The third-order valence-electron chi connectivity index (χ3n) is 4.71. The van der Waals surface area contributed by atoms with Gasteiger partial charge >= 0.3 is 0 Å². The molecule has 12 nitrogen and oxygen atoms in total. The fraction of sp³-hybridized carbons (Fsp3) is 0.389. The summed E-state index contributed by atoms with van der Waals surface area (Å²) in [5.74, 6) is 0.859. The lowest BCUT2D eigenvalue weighted by atomic mass is 10.1. The fourth-order valence-corrected chi connectivity index (χ4v) is 3.13. The highest BCUT2D eigenvalue weighted by Gasteiger charge is 2.27. The van der Waals surface area contributed by atoms with Crippen LogP contribution in [0.1, 0.15) is 16.1 Å². The molecule has 12 heteroatoms. The van der Waals surface area contributed by atoms with E-state index in [1.54, 1.807) is 0 Å². The Hall–Kier alpha value is -3.83. The van der Waals surface area contributed by atoms with Gasteiger partial charge in [0.1, 0.15) is 5.82 Å². The summed E-state index contributed by atoms with van der Waals surface area (Å²) in [6.07, 6.45) is 0. The molecule has 0 N–H and O–H groups in total. The van der Waals surface area contributed by atoms with Gasteiger partial charge in [0.05, 0.1) is 21.5 Å². The molecule has 0 radical (unpaired) electrons. The van der Waals surface area contributed by atoms with Gasteiger partial charge in [0.15, 0.2) is 0 Å². The van der Waals surface area contributed by atoms with Crippen molar-refractivity contribution in [2.75, 3.05) is 50.1 Å². The smallest absolute Gasteiger partial charge is 0.277 e. The highest BCUT2D eigenvalue weighted by molar-refractivity contribution is 5.95. The maximum absolute atomic E-state index is 12.8. The number of non-ortho nitro benzene ring substituents is 2. The van der Waals surface area contributed by atoms with Crippen LogP contribution in [0.15, 0.2) is 24.3 Å². The first-order valence-corrected chi connectivity index (χ1v) is 9.17. The lowest BCUT2D eigenvalue weighted by Gasteiger charge is -2.35. The molecule has 158 valence electrons. The Labute approximate surface area is 172 Å². The number of benzene rings is 1. The van der Waals surface area contributed by atoms with Crippen molar-refractivity contribution in [3.05, 3.63) is 55.8 Å². The largest absolute Gasteiger partial charge is 0.363 e. The van der Waals surface area contributed by atoms with Crippen LogP contribution in [0.5, 0.6) is 0 Å². The summed E-state index contributed by atoms with van der Waals surface area (Å²) in [5, 5.41) is 22.1. The number of rotatable bonds is 5. The minimum atomic E-state index is -0.751. The minimum Gasteiger partial charge on any atom is -0.363 e. The number of carbonyl (C=O) groups is 1. The summed E-state index contributed by atoms with van der Waals surface area (Å²) < 4.78 is 0. The third-order valence-corrected chi connectivity index (χ3v) is 4.71. The first kappa shape index (κ1) is 20.9. The first-order valence-electron chi connectivity index (χ1n) is 9.17. The van der Waals surface area contributed by atoms with Crippen LogP contribution in [0.3, 0.4) is 0 Å². The molecule has 1 amide bonds. The van der Waals surface area contributed by atoms with Crippen molar-refractivity contribution in [1.29, 1.82) is 0 Å². The average molecular weight is 415 g/mol. The SMILES string of the molecule is Cc1cc(N(C)C)nc(N2CCN(C(=O)c3cc([N+](=O)[O-])cc([N+](=O)[O-])c3)CC2)n1. The Morgan fingerprint density at radius 2 is 1.53 bits per heavy atom. The molecule has 0 bridgehead atoms. The van der Waals surface area contributed by atoms with Gasteiger partial charge in [-0.15, -0.1) is 0 Å². The van der Waals surface area contributed by atoms with Crippen molar-refractivity contribution >= 4 is 29.0 Å². The number of piperazine rings is 1. The summed E-state index contributed by atoms with van der Waals surface area (Å²) in [4.78, 5) is 47.8. The Bertz CT molecular complexity index is 970. The molecular formula is C18H21N7O5. The molecule has 1 aromatic carbocycles. The zero-order chi connectivity index (χ0) is 22.0. The number of aryl methyl sites for hydroxylation is 1. The summed E-state index contributed by atoms with van der Waals surface area (Å²) in [6.45, 7) is 3.50. The molecule has 1 aliphatic heterocycles. The number of carbonyl (C=O) groups excluding carboxylic acids is 1. The number of nitro benzene ring substituents is 2. The number of anilines is 2. The molecule has 2 heterocycles. The molecule has 0 saturated carbocycles. The first-order chi connectivity index (χ1) is 14.2. The van der Waals surface area contributed by atoms with E-state index < -0.39 is 27.1 Å². The van der Waals surface area contributed by atoms with Gasteiger partial charge in [-0.2, -0.15) is 4.98 Å². The summed E-state index contributed by atoms with van der Waals surface area (Å²) >= 11 is 0. The highest BCUT2D eigenvalue weighted by atomic mass is 16.6. The highest BCUT2D eigenvalue weighted by Crippen LogP contribution is 2.24. The second kappa shape index (κ2) is 8.27. The quantitative estimate of drug-likeness (QED) is 0.526. The van der Waals surface area contributed by atoms with Gasteiger partial charge in [0.25, 0.3) is 17.3 Å². The van der Waals surface area contributed by atoms with Crippen LogP contribution in [-0.4, -0.2) is 70.9 Å². The molecule has 0 spiro atoms. The Morgan fingerprint density at radius 1 is 0.967 bits per heavy atom. The van der Waals surface area contributed by atoms with Crippen LogP contribution in [0.2, 0.25) is 0 Å². The molecule has 0 unspecified atom stereocenters. The monoisotopic (exact) mass is 415 g/mol. The normalized spacial score (nSPS) is 13.8. The molecule has 1 fully saturated rings. The van der Waals surface area contributed by atoms with Gasteiger partial charge in [-0.1, -0.05) is 0 Å². The zero-order valence-corrected chi connectivity index (χ0v) is 16.8. The molecule has 2 aromatic rings. The molecular weight excluding hydrogens is 394 g/mol.